The zero-order valence-electron chi connectivity index (χ0n) is 10.9. The first-order valence-corrected chi connectivity index (χ1v) is 7.48. The third kappa shape index (κ3) is 2.33. The highest BCUT2D eigenvalue weighted by molar-refractivity contribution is 7.71. The molecular formula is C14H17ClN2OS. The number of benzene rings is 1. The fourth-order valence-corrected chi connectivity index (χ4v) is 3.49. The van der Waals surface area contributed by atoms with Gasteiger partial charge in [-0.1, -0.05) is 24.6 Å². The first-order chi connectivity index (χ1) is 9.20. The number of rotatable bonds is 3. The molecule has 3 nitrogen and oxygen atoms in total. The molecule has 1 aromatic heterocycles. The summed E-state index contributed by atoms with van der Waals surface area (Å²) in [5, 5.41) is 0.747. The fraction of sp³-hybridized carbons (Fsp3) is 0.500. The second kappa shape index (κ2) is 5.27. The van der Waals surface area contributed by atoms with Gasteiger partial charge in [-0.15, -0.1) is 0 Å². The molecule has 2 unspecified atom stereocenters. The normalized spacial score (nSPS) is 23.3. The topological polar surface area (TPSA) is 29.9 Å². The van der Waals surface area contributed by atoms with Crippen LogP contribution >= 0.6 is 23.8 Å². The van der Waals surface area contributed by atoms with E-state index in [1.807, 2.05) is 18.2 Å². The van der Waals surface area contributed by atoms with Gasteiger partial charge in [-0.2, -0.15) is 0 Å². The van der Waals surface area contributed by atoms with Crippen LogP contribution in [0.3, 0.4) is 0 Å². The van der Waals surface area contributed by atoms with Crippen molar-refractivity contribution in [2.24, 2.45) is 5.92 Å². The number of hydrogen-bond donors (Lipinski definition) is 1. The summed E-state index contributed by atoms with van der Waals surface area (Å²) in [6.45, 7) is 3.90. The van der Waals surface area contributed by atoms with Crippen LogP contribution in [0, 0.1) is 10.7 Å². The number of ether oxygens (including phenoxy) is 1. The Labute approximate surface area is 122 Å². The molecule has 0 saturated carbocycles. The van der Waals surface area contributed by atoms with E-state index in [-0.39, 0.29) is 0 Å². The van der Waals surface area contributed by atoms with E-state index in [0.29, 0.717) is 12.0 Å². The van der Waals surface area contributed by atoms with Gasteiger partial charge in [0.05, 0.1) is 22.2 Å². The van der Waals surface area contributed by atoms with E-state index in [4.69, 9.17) is 28.6 Å². The van der Waals surface area contributed by atoms with Crippen molar-refractivity contribution in [2.45, 2.75) is 32.4 Å². The summed E-state index contributed by atoms with van der Waals surface area (Å²) in [5.41, 5.74) is 2.01. The predicted molar refractivity (Wildman–Crippen MR) is 80.3 cm³/mol. The lowest BCUT2D eigenvalue weighted by Gasteiger charge is -2.17. The van der Waals surface area contributed by atoms with E-state index in [2.05, 4.69) is 16.5 Å². The SMILES string of the molecule is CCC1OCCC1Cn1c(=S)[nH]c2cccc(Cl)c21. The van der Waals surface area contributed by atoms with E-state index < -0.39 is 0 Å². The highest BCUT2D eigenvalue weighted by Crippen LogP contribution is 2.29. The highest BCUT2D eigenvalue weighted by Gasteiger charge is 2.27. The van der Waals surface area contributed by atoms with E-state index in [1.54, 1.807) is 0 Å². The Morgan fingerprint density at radius 2 is 2.37 bits per heavy atom. The van der Waals surface area contributed by atoms with Gasteiger partial charge in [-0.25, -0.2) is 0 Å². The van der Waals surface area contributed by atoms with Gasteiger partial charge in [0.1, 0.15) is 0 Å². The molecule has 2 heterocycles. The van der Waals surface area contributed by atoms with Gasteiger partial charge < -0.3 is 14.3 Å². The molecule has 2 atom stereocenters. The second-order valence-corrected chi connectivity index (χ2v) is 5.84. The molecule has 1 N–H and O–H groups in total. The van der Waals surface area contributed by atoms with Gasteiger partial charge in [0.25, 0.3) is 0 Å². The monoisotopic (exact) mass is 296 g/mol. The molecule has 0 spiro atoms. The third-order valence-corrected chi connectivity index (χ3v) is 4.54. The number of aromatic nitrogens is 2. The lowest BCUT2D eigenvalue weighted by molar-refractivity contribution is 0.0837. The van der Waals surface area contributed by atoms with Crippen LogP contribution in [-0.2, 0) is 11.3 Å². The standard InChI is InChI=1S/C14H17ClN2OS/c1-2-12-9(6-7-18-12)8-17-13-10(15)4-3-5-11(13)16-14(17)19/h3-5,9,12H,2,6-8H2,1H3,(H,16,19). The van der Waals surface area contributed by atoms with Gasteiger partial charge in [0.15, 0.2) is 4.77 Å². The van der Waals surface area contributed by atoms with Crippen molar-refractivity contribution < 1.29 is 4.74 Å². The molecule has 5 heteroatoms. The van der Waals surface area contributed by atoms with Crippen LogP contribution in [0.5, 0.6) is 0 Å². The average molecular weight is 297 g/mol. The number of imidazole rings is 1. The number of H-pyrrole nitrogens is 1. The molecule has 3 rings (SSSR count). The minimum absolute atomic E-state index is 0.342. The maximum Gasteiger partial charge on any atom is 0.178 e. The van der Waals surface area contributed by atoms with Gasteiger partial charge in [-0.05, 0) is 37.2 Å². The molecule has 0 bridgehead atoms. The maximum absolute atomic E-state index is 6.31. The molecule has 0 amide bonds. The Bertz CT molecular complexity index is 648. The Morgan fingerprint density at radius 3 is 3.16 bits per heavy atom. The van der Waals surface area contributed by atoms with Crippen LogP contribution in [0.4, 0.5) is 0 Å². The quantitative estimate of drug-likeness (QED) is 0.862. The van der Waals surface area contributed by atoms with Crippen molar-refractivity contribution in [1.29, 1.82) is 0 Å². The molecule has 1 aromatic carbocycles. The molecule has 1 saturated heterocycles. The van der Waals surface area contributed by atoms with Crippen LogP contribution in [-0.4, -0.2) is 22.3 Å². The first-order valence-electron chi connectivity index (χ1n) is 6.69. The molecule has 102 valence electrons. The molecule has 1 fully saturated rings. The Morgan fingerprint density at radius 1 is 1.53 bits per heavy atom. The number of halogens is 1. The molecule has 0 aliphatic carbocycles. The number of aromatic amines is 1. The Hall–Kier alpha value is -0.840. The zero-order valence-corrected chi connectivity index (χ0v) is 12.4. The van der Waals surface area contributed by atoms with Gasteiger partial charge in [0, 0.05) is 19.1 Å². The van der Waals surface area contributed by atoms with Gasteiger partial charge in [-0.3, -0.25) is 0 Å². The van der Waals surface area contributed by atoms with E-state index in [0.717, 1.165) is 46.8 Å². The second-order valence-electron chi connectivity index (χ2n) is 5.04. The zero-order chi connectivity index (χ0) is 13.4. The summed E-state index contributed by atoms with van der Waals surface area (Å²) in [6, 6.07) is 5.86. The van der Waals surface area contributed by atoms with Crippen molar-refractivity contribution in [3.05, 3.63) is 28.0 Å². The van der Waals surface area contributed by atoms with Crippen molar-refractivity contribution in [3.63, 3.8) is 0 Å². The van der Waals surface area contributed by atoms with Crippen LogP contribution in [0.1, 0.15) is 19.8 Å². The summed E-state index contributed by atoms with van der Waals surface area (Å²) >= 11 is 11.7. The van der Waals surface area contributed by atoms with Crippen LogP contribution in [0.2, 0.25) is 5.02 Å². The Balaban J connectivity index is 2.01. The smallest absolute Gasteiger partial charge is 0.178 e. The third-order valence-electron chi connectivity index (χ3n) is 3.91. The molecule has 19 heavy (non-hydrogen) atoms. The lowest BCUT2D eigenvalue weighted by atomic mass is 9.99. The van der Waals surface area contributed by atoms with Crippen molar-refractivity contribution in [2.75, 3.05) is 6.61 Å². The molecule has 2 aromatic rings. The van der Waals surface area contributed by atoms with E-state index >= 15 is 0 Å². The fourth-order valence-electron chi connectivity index (χ4n) is 2.94. The minimum atomic E-state index is 0.342. The van der Waals surface area contributed by atoms with E-state index in [1.165, 1.54) is 0 Å². The molecule has 1 aliphatic rings. The predicted octanol–water partition coefficient (Wildman–Crippen LogP) is 4.17. The number of fused-ring (bicyclic) bond motifs is 1. The lowest BCUT2D eigenvalue weighted by Crippen LogP contribution is -2.20. The van der Waals surface area contributed by atoms with E-state index in [9.17, 15) is 0 Å². The largest absolute Gasteiger partial charge is 0.378 e. The van der Waals surface area contributed by atoms with Crippen molar-refractivity contribution in [3.8, 4) is 0 Å². The number of hydrogen-bond acceptors (Lipinski definition) is 2. The van der Waals surface area contributed by atoms with Gasteiger partial charge >= 0.3 is 0 Å². The van der Waals surface area contributed by atoms with Gasteiger partial charge in [0.2, 0.25) is 0 Å². The summed E-state index contributed by atoms with van der Waals surface area (Å²) in [6.07, 6.45) is 2.49. The van der Waals surface area contributed by atoms with Crippen LogP contribution < -0.4 is 0 Å². The molecule has 0 radical (unpaired) electrons. The van der Waals surface area contributed by atoms with Crippen LogP contribution in [0.25, 0.3) is 11.0 Å². The number of nitrogens with zero attached hydrogens (tertiary/aromatic N) is 1. The van der Waals surface area contributed by atoms with Crippen molar-refractivity contribution >= 4 is 34.9 Å². The first kappa shape index (κ1) is 13.2. The van der Waals surface area contributed by atoms with Crippen LogP contribution in [0.15, 0.2) is 18.2 Å². The minimum Gasteiger partial charge on any atom is -0.378 e. The summed E-state index contributed by atoms with van der Waals surface area (Å²) < 4.78 is 8.62. The summed E-state index contributed by atoms with van der Waals surface area (Å²) in [4.78, 5) is 3.23. The average Bonchev–Trinajstić information content (AvgIpc) is 2.96. The summed E-state index contributed by atoms with van der Waals surface area (Å²) in [7, 11) is 0. The summed E-state index contributed by atoms with van der Waals surface area (Å²) in [5.74, 6) is 0.520. The number of para-hydroxylation sites is 1. The highest BCUT2D eigenvalue weighted by atomic mass is 35.5. The van der Waals surface area contributed by atoms with Crippen molar-refractivity contribution in [1.82, 2.24) is 9.55 Å². The molecular weight excluding hydrogens is 280 g/mol. The Kier molecular flexibility index (Phi) is 3.65. The molecule has 1 aliphatic heterocycles. The number of nitrogens with one attached hydrogen (secondary N) is 1. The maximum atomic E-state index is 6.31.